The van der Waals surface area contributed by atoms with Crippen molar-refractivity contribution in [3.05, 3.63) is 29.6 Å². The molecule has 1 aromatic rings. The quantitative estimate of drug-likeness (QED) is 0.882. The van der Waals surface area contributed by atoms with Crippen molar-refractivity contribution in [3.63, 3.8) is 0 Å². The molecule has 19 heavy (non-hydrogen) atoms. The molecule has 0 aliphatic carbocycles. The van der Waals surface area contributed by atoms with E-state index in [0.29, 0.717) is 12.0 Å². The molecule has 1 aromatic heterocycles. The van der Waals surface area contributed by atoms with Crippen LogP contribution in [0.15, 0.2) is 18.3 Å². The molecule has 0 saturated carbocycles. The number of carboxylic acids is 1. The fourth-order valence-corrected chi connectivity index (χ4v) is 1.81. The lowest BCUT2D eigenvalue weighted by molar-refractivity contribution is -0.142. The van der Waals surface area contributed by atoms with Crippen LogP contribution in [-0.4, -0.2) is 40.0 Å². The van der Waals surface area contributed by atoms with E-state index >= 15 is 0 Å². The molecule has 1 rings (SSSR count). The topological polar surface area (TPSA) is 70.5 Å². The van der Waals surface area contributed by atoms with Gasteiger partial charge < -0.3 is 10.0 Å². The van der Waals surface area contributed by atoms with Gasteiger partial charge in [0.15, 0.2) is 0 Å². The van der Waals surface area contributed by atoms with Gasteiger partial charge in [-0.15, -0.1) is 0 Å². The van der Waals surface area contributed by atoms with Gasteiger partial charge in [0.1, 0.15) is 6.04 Å². The zero-order chi connectivity index (χ0) is 14.6. The molecule has 5 nitrogen and oxygen atoms in total. The number of hydrogen-bond acceptors (Lipinski definition) is 3. The number of nitrogens with zero attached hydrogens (tertiary/aromatic N) is 2. The van der Waals surface area contributed by atoms with Gasteiger partial charge in [-0.05, 0) is 31.4 Å². The molecule has 1 heterocycles. The second-order valence-electron chi connectivity index (χ2n) is 5.09. The fourth-order valence-electron chi connectivity index (χ4n) is 1.81. The number of pyridine rings is 1. The molecule has 1 amide bonds. The van der Waals surface area contributed by atoms with E-state index in [2.05, 4.69) is 4.98 Å². The Kier molecular flexibility index (Phi) is 5.03. The van der Waals surface area contributed by atoms with E-state index < -0.39 is 12.0 Å². The first-order chi connectivity index (χ1) is 8.82. The van der Waals surface area contributed by atoms with Crippen molar-refractivity contribution in [2.75, 3.05) is 7.05 Å². The van der Waals surface area contributed by atoms with Gasteiger partial charge in [0, 0.05) is 18.9 Å². The third-order valence-corrected chi connectivity index (χ3v) is 2.93. The Morgan fingerprint density at radius 1 is 1.37 bits per heavy atom. The lowest BCUT2D eigenvalue weighted by Crippen LogP contribution is -2.43. The van der Waals surface area contributed by atoms with Gasteiger partial charge in [0.05, 0.1) is 5.56 Å². The molecule has 0 fully saturated rings. The number of aromatic nitrogens is 1. The Labute approximate surface area is 113 Å². The third kappa shape index (κ3) is 4.05. The minimum Gasteiger partial charge on any atom is -0.480 e. The van der Waals surface area contributed by atoms with Crippen LogP contribution in [0.3, 0.4) is 0 Å². The Morgan fingerprint density at radius 3 is 2.42 bits per heavy atom. The first-order valence-corrected chi connectivity index (χ1v) is 6.25. The molecule has 0 aliphatic rings. The molecule has 0 bridgehead atoms. The molecular formula is C14H20N2O3. The average Bonchev–Trinajstić information content (AvgIpc) is 2.34. The molecule has 1 unspecified atom stereocenters. The van der Waals surface area contributed by atoms with Crippen molar-refractivity contribution in [2.24, 2.45) is 5.92 Å². The molecular weight excluding hydrogens is 244 g/mol. The standard InChI is InChI=1S/C14H20N2O3/c1-9(2)7-12(14(18)19)16(4)13(17)11-6-5-10(3)15-8-11/h5-6,8-9,12H,7H2,1-4H3,(H,18,19). The summed E-state index contributed by atoms with van der Waals surface area (Å²) in [4.78, 5) is 28.8. The molecule has 1 N–H and O–H groups in total. The number of carbonyl (C=O) groups excluding carboxylic acids is 1. The second-order valence-corrected chi connectivity index (χ2v) is 5.09. The van der Waals surface area contributed by atoms with Crippen LogP contribution in [0.5, 0.6) is 0 Å². The van der Waals surface area contributed by atoms with E-state index in [-0.39, 0.29) is 11.8 Å². The van der Waals surface area contributed by atoms with Crippen molar-refractivity contribution >= 4 is 11.9 Å². The lowest BCUT2D eigenvalue weighted by atomic mass is 10.0. The summed E-state index contributed by atoms with van der Waals surface area (Å²) in [7, 11) is 1.52. The molecule has 0 aromatic carbocycles. The molecule has 1 atom stereocenters. The third-order valence-electron chi connectivity index (χ3n) is 2.93. The molecule has 0 radical (unpaired) electrons. The number of hydrogen-bond donors (Lipinski definition) is 1. The largest absolute Gasteiger partial charge is 0.480 e. The Hall–Kier alpha value is -1.91. The maximum absolute atomic E-state index is 12.2. The van der Waals surface area contributed by atoms with Crippen LogP contribution in [0.1, 0.15) is 36.3 Å². The molecule has 0 spiro atoms. The summed E-state index contributed by atoms with van der Waals surface area (Å²) in [6.07, 6.45) is 1.90. The lowest BCUT2D eigenvalue weighted by Gasteiger charge is -2.26. The van der Waals surface area contributed by atoms with Crippen molar-refractivity contribution < 1.29 is 14.7 Å². The number of likely N-dealkylation sites (N-methyl/N-ethyl adjacent to an activating group) is 1. The minimum absolute atomic E-state index is 0.201. The summed E-state index contributed by atoms with van der Waals surface area (Å²) in [5.41, 5.74) is 1.22. The summed E-state index contributed by atoms with van der Waals surface area (Å²) in [6.45, 7) is 5.69. The summed E-state index contributed by atoms with van der Waals surface area (Å²) in [5.74, 6) is -1.10. The van der Waals surface area contributed by atoms with Gasteiger partial charge in [-0.25, -0.2) is 4.79 Å². The second kappa shape index (κ2) is 6.31. The van der Waals surface area contributed by atoms with Crippen LogP contribution < -0.4 is 0 Å². The van der Waals surface area contributed by atoms with Gasteiger partial charge in [-0.3, -0.25) is 9.78 Å². The van der Waals surface area contributed by atoms with Gasteiger partial charge in [-0.1, -0.05) is 13.8 Å². The number of aliphatic carboxylic acids is 1. The number of amides is 1. The fraction of sp³-hybridized carbons (Fsp3) is 0.500. The van der Waals surface area contributed by atoms with Gasteiger partial charge >= 0.3 is 5.97 Å². The van der Waals surface area contributed by atoms with Crippen LogP contribution in [0, 0.1) is 12.8 Å². The van der Waals surface area contributed by atoms with Crippen LogP contribution in [0.2, 0.25) is 0 Å². The van der Waals surface area contributed by atoms with Crippen molar-refractivity contribution in [2.45, 2.75) is 33.2 Å². The minimum atomic E-state index is -0.982. The summed E-state index contributed by atoms with van der Waals surface area (Å²) in [5, 5.41) is 9.22. The van der Waals surface area contributed by atoms with Crippen LogP contribution in [0.25, 0.3) is 0 Å². The van der Waals surface area contributed by atoms with Crippen LogP contribution in [-0.2, 0) is 4.79 Å². The van der Waals surface area contributed by atoms with E-state index in [1.165, 1.54) is 18.1 Å². The van der Waals surface area contributed by atoms with Crippen molar-refractivity contribution in [1.82, 2.24) is 9.88 Å². The van der Waals surface area contributed by atoms with Crippen LogP contribution in [0.4, 0.5) is 0 Å². The SMILES string of the molecule is Cc1ccc(C(=O)N(C)C(CC(C)C)C(=O)O)cn1. The van der Waals surface area contributed by atoms with E-state index in [4.69, 9.17) is 0 Å². The van der Waals surface area contributed by atoms with Gasteiger partial charge in [0.2, 0.25) is 0 Å². The number of carboxylic acid groups (broad SMARTS) is 1. The monoisotopic (exact) mass is 264 g/mol. The van der Waals surface area contributed by atoms with E-state index in [0.717, 1.165) is 5.69 Å². The van der Waals surface area contributed by atoms with Crippen molar-refractivity contribution in [3.8, 4) is 0 Å². The zero-order valence-corrected chi connectivity index (χ0v) is 11.8. The Bertz CT molecular complexity index is 454. The Balaban J connectivity index is 2.90. The van der Waals surface area contributed by atoms with E-state index in [1.54, 1.807) is 12.1 Å². The predicted octanol–water partition coefficient (Wildman–Crippen LogP) is 1.96. The summed E-state index contributed by atoms with van der Waals surface area (Å²) in [6, 6.07) is 2.59. The van der Waals surface area contributed by atoms with E-state index in [1.807, 2.05) is 20.8 Å². The number of rotatable bonds is 5. The highest BCUT2D eigenvalue weighted by Crippen LogP contribution is 2.14. The van der Waals surface area contributed by atoms with E-state index in [9.17, 15) is 14.7 Å². The first kappa shape index (κ1) is 15.1. The van der Waals surface area contributed by atoms with Gasteiger partial charge in [-0.2, -0.15) is 0 Å². The zero-order valence-electron chi connectivity index (χ0n) is 11.8. The molecule has 104 valence electrons. The summed E-state index contributed by atoms with van der Waals surface area (Å²) >= 11 is 0. The predicted molar refractivity (Wildman–Crippen MR) is 71.9 cm³/mol. The van der Waals surface area contributed by atoms with Crippen LogP contribution >= 0.6 is 0 Å². The highest BCUT2D eigenvalue weighted by molar-refractivity contribution is 5.96. The highest BCUT2D eigenvalue weighted by Gasteiger charge is 2.27. The normalized spacial score (nSPS) is 12.3. The maximum Gasteiger partial charge on any atom is 0.326 e. The first-order valence-electron chi connectivity index (χ1n) is 6.25. The summed E-state index contributed by atoms with van der Waals surface area (Å²) < 4.78 is 0. The maximum atomic E-state index is 12.2. The number of aryl methyl sites for hydroxylation is 1. The Morgan fingerprint density at radius 2 is 2.00 bits per heavy atom. The van der Waals surface area contributed by atoms with Crippen molar-refractivity contribution in [1.29, 1.82) is 0 Å². The smallest absolute Gasteiger partial charge is 0.326 e. The molecule has 0 aliphatic heterocycles. The highest BCUT2D eigenvalue weighted by atomic mass is 16.4. The molecule has 5 heteroatoms. The number of carbonyl (C=O) groups is 2. The molecule has 0 saturated heterocycles. The average molecular weight is 264 g/mol. The van der Waals surface area contributed by atoms with Gasteiger partial charge in [0.25, 0.3) is 5.91 Å².